The Kier molecular flexibility index (Phi) is 5.36. The SMILES string of the molecule is CCOc1cccc(CNCc2cc(C(=O)O)sc2C)c1. The van der Waals surface area contributed by atoms with Gasteiger partial charge in [-0.1, -0.05) is 12.1 Å². The van der Waals surface area contributed by atoms with Crippen LogP contribution in [0.5, 0.6) is 5.75 Å². The highest BCUT2D eigenvalue weighted by atomic mass is 32.1. The molecule has 0 fully saturated rings. The third-order valence-corrected chi connectivity index (χ3v) is 4.17. The molecule has 0 atom stereocenters. The number of aryl methyl sites for hydroxylation is 1. The van der Waals surface area contributed by atoms with Gasteiger partial charge in [-0.05, 0) is 43.2 Å². The topological polar surface area (TPSA) is 58.6 Å². The van der Waals surface area contributed by atoms with Crippen molar-refractivity contribution in [3.05, 3.63) is 51.2 Å². The second-order valence-electron chi connectivity index (χ2n) is 4.68. The molecular weight excluding hydrogens is 286 g/mol. The minimum absolute atomic E-state index is 0.391. The number of thiophene rings is 1. The second kappa shape index (κ2) is 7.24. The number of carbonyl (C=O) groups is 1. The lowest BCUT2D eigenvalue weighted by Gasteiger charge is -2.07. The normalized spacial score (nSPS) is 10.6. The first-order valence-electron chi connectivity index (χ1n) is 6.85. The number of benzene rings is 1. The molecule has 112 valence electrons. The zero-order chi connectivity index (χ0) is 15.2. The monoisotopic (exact) mass is 305 g/mol. The predicted molar refractivity (Wildman–Crippen MR) is 84.2 cm³/mol. The predicted octanol–water partition coefficient (Wildman–Crippen LogP) is 3.44. The Morgan fingerprint density at radius 3 is 2.81 bits per heavy atom. The van der Waals surface area contributed by atoms with E-state index in [9.17, 15) is 4.79 Å². The molecule has 2 aromatic rings. The third-order valence-electron chi connectivity index (χ3n) is 3.09. The zero-order valence-corrected chi connectivity index (χ0v) is 13.0. The minimum Gasteiger partial charge on any atom is -0.494 e. The maximum atomic E-state index is 10.9. The van der Waals surface area contributed by atoms with Gasteiger partial charge in [0, 0.05) is 18.0 Å². The minimum atomic E-state index is -0.862. The van der Waals surface area contributed by atoms with Crippen LogP contribution in [0.25, 0.3) is 0 Å². The van der Waals surface area contributed by atoms with E-state index in [0.29, 0.717) is 18.0 Å². The Balaban J connectivity index is 1.92. The summed E-state index contributed by atoms with van der Waals surface area (Å²) in [4.78, 5) is 12.4. The quantitative estimate of drug-likeness (QED) is 0.822. The average molecular weight is 305 g/mol. The number of carboxylic acids is 1. The lowest BCUT2D eigenvalue weighted by molar-refractivity contribution is 0.0702. The van der Waals surface area contributed by atoms with Crippen LogP contribution in [-0.4, -0.2) is 17.7 Å². The molecule has 5 heteroatoms. The largest absolute Gasteiger partial charge is 0.494 e. The van der Waals surface area contributed by atoms with Gasteiger partial charge in [0.1, 0.15) is 10.6 Å². The van der Waals surface area contributed by atoms with Gasteiger partial charge in [0.25, 0.3) is 0 Å². The Hall–Kier alpha value is -1.85. The smallest absolute Gasteiger partial charge is 0.345 e. The molecule has 0 radical (unpaired) electrons. The molecule has 1 aromatic carbocycles. The molecule has 0 aliphatic heterocycles. The van der Waals surface area contributed by atoms with Crippen molar-refractivity contribution in [2.24, 2.45) is 0 Å². The van der Waals surface area contributed by atoms with Crippen LogP contribution in [0.4, 0.5) is 0 Å². The summed E-state index contributed by atoms with van der Waals surface area (Å²) >= 11 is 1.32. The molecule has 2 rings (SSSR count). The molecule has 0 spiro atoms. The Morgan fingerprint density at radius 1 is 1.33 bits per heavy atom. The van der Waals surface area contributed by atoms with Gasteiger partial charge in [0.15, 0.2) is 0 Å². The van der Waals surface area contributed by atoms with Crippen LogP contribution < -0.4 is 10.1 Å². The van der Waals surface area contributed by atoms with Crippen LogP contribution in [0.15, 0.2) is 30.3 Å². The van der Waals surface area contributed by atoms with E-state index in [1.807, 2.05) is 38.1 Å². The van der Waals surface area contributed by atoms with Crippen molar-refractivity contribution in [2.45, 2.75) is 26.9 Å². The van der Waals surface area contributed by atoms with Crippen molar-refractivity contribution >= 4 is 17.3 Å². The molecule has 4 nitrogen and oxygen atoms in total. The summed E-state index contributed by atoms with van der Waals surface area (Å²) in [7, 11) is 0. The highest BCUT2D eigenvalue weighted by molar-refractivity contribution is 7.14. The van der Waals surface area contributed by atoms with E-state index in [1.165, 1.54) is 11.3 Å². The van der Waals surface area contributed by atoms with E-state index >= 15 is 0 Å². The fourth-order valence-corrected chi connectivity index (χ4v) is 2.93. The zero-order valence-electron chi connectivity index (χ0n) is 12.2. The van der Waals surface area contributed by atoms with Crippen LogP contribution in [0.2, 0.25) is 0 Å². The molecular formula is C16H19NO3S. The van der Waals surface area contributed by atoms with Crippen molar-refractivity contribution in [2.75, 3.05) is 6.61 Å². The first kappa shape index (κ1) is 15.5. The Morgan fingerprint density at radius 2 is 2.14 bits per heavy atom. The highest BCUT2D eigenvalue weighted by Gasteiger charge is 2.10. The van der Waals surface area contributed by atoms with Gasteiger partial charge < -0.3 is 15.2 Å². The van der Waals surface area contributed by atoms with Crippen molar-refractivity contribution in [3.8, 4) is 5.75 Å². The molecule has 0 aliphatic carbocycles. The fraction of sp³-hybridized carbons (Fsp3) is 0.312. The van der Waals surface area contributed by atoms with Gasteiger partial charge in [-0.15, -0.1) is 11.3 Å². The van der Waals surface area contributed by atoms with Crippen molar-refractivity contribution < 1.29 is 14.6 Å². The Labute approximate surface area is 128 Å². The molecule has 0 bridgehead atoms. The van der Waals surface area contributed by atoms with E-state index in [-0.39, 0.29) is 0 Å². The van der Waals surface area contributed by atoms with Gasteiger partial charge in [-0.2, -0.15) is 0 Å². The summed E-state index contributed by atoms with van der Waals surface area (Å²) < 4.78 is 5.47. The number of carboxylic acid groups (broad SMARTS) is 1. The number of nitrogens with one attached hydrogen (secondary N) is 1. The molecule has 0 amide bonds. The van der Waals surface area contributed by atoms with Gasteiger partial charge >= 0.3 is 5.97 Å². The molecule has 1 aromatic heterocycles. The Bertz CT molecular complexity index is 622. The molecule has 21 heavy (non-hydrogen) atoms. The number of ether oxygens (including phenoxy) is 1. The molecule has 0 unspecified atom stereocenters. The van der Waals surface area contributed by atoms with Gasteiger partial charge in [0.05, 0.1) is 6.61 Å². The lowest BCUT2D eigenvalue weighted by Crippen LogP contribution is -2.12. The van der Waals surface area contributed by atoms with Crippen molar-refractivity contribution in [3.63, 3.8) is 0 Å². The van der Waals surface area contributed by atoms with E-state index in [1.54, 1.807) is 6.07 Å². The van der Waals surface area contributed by atoms with Gasteiger partial charge in [-0.25, -0.2) is 4.79 Å². The summed E-state index contributed by atoms with van der Waals surface area (Å²) in [5, 5.41) is 12.3. The number of hydrogen-bond donors (Lipinski definition) is 2. The maximum Gasteiger partial charge on any atom is 0.345 e. The summed E-state index contributed by atoms with van der Waals surface area (Å²) in [6, 6.07) is 9.71. The van der Waals surface area contributed by atoms with Crippen LogP contribution in [-0.2, 0) is 13.1 Å². The molecule has 1 heterocycles. The summed E-state index contributed by atoms with van der Waals surface area (Å²) in [5.41, 5.74) is 2.19. The van der Waals surface area contributed by atoms with Crippen LogP contribution in [0, 0.1) is 6.92 Å². The van der Waals surface area contributed by atoms with Crippen molar-refractivity contribution in [1.29, 1.82) is 0 Å². The van der Waals surface area contributed by atoms with Crippen LogP contribution in [0.3, 0.4) is 0 Å². The van der Waals surface area contributed by atoms with Gasteiger partial charge in [0.2, 0.25) is 0 Å². The van der Waals surface area contributed by atoms with Crippen LogP contribution in [0.1, 0.15) is 32.6 Å². The third kappa shape index (κ3) is 4.31. The number of rotatable bonds is 7. The molecule has 0 aliphatic rings. The number of hydrogen-bond acceptors (Lipinski definition) is 4. The van der Waals surface area contributed by atoms with E-state index < -0.39 is 5.97 Å². The van der Waals surface area contributed by atoms with Gasteiger partial charge in [-0.3, -0.25) is 0 Å². The lowest BCUT2D eigenvalue weighted by atomic mass is 10.2. The van der Waals surface area contributed by atoms with E-state index in [0.717, 1.165) is 28.3 Å². The fourth-order valence-electron chi connectivity index (χ4n) is 2.05. The number of aromatic carboxylic acids is 1. The van der Waals surface area contributed by atoms with Crippen LogP contribution >= 0.6 is 11.3 Å². The van der Waals surface area contributed by atoms with E-state index in [4.69, 9.17) is 9.84 Å². The summed E-state index contributed by atoms with van der Waals surface area (Å²) in [5.74, 6) is 0.00967. The first-order chi connectivity index (χ1) is 10.1. The van der Waals surface area contributed by atoms with E-state index in [2.05, 4.69) is 5.32 Å². The second-order valence-corrected chi connectivity index (χ2v) is 5.94. The van der Waals surface area contributed by atoms with Crippen molar-refractivity contribution in [1.82, 2.24) is 5.32 Å². The highest BCUT2D eigenvalue weighted by Crippen LogP contribution is 2.21. The first-order valence-corrected chi connectivity index (χ1v) is 7.67. The average Bonchev–Trinajstić information content (AvgIpc) is 2.82. The molecule has 0 saturated heterocycles. The summed E-state index contributed by atoms with van der Waals surface area (Å²) in [6.45, 7) is 5.95. The maximum absolute atomic E-state index is 10.9. The summed E-state index contributed by atoms with van der Waals surface area (Å²) in [6.07, 6.45) is 0. The standard InChI is InChI=1S/C16H19NO3S/c1-3-20-14-6-4-5-12(7-14)9-17-10-13-8-15(16(18)19)21-11(13)2/h4-8,17H,3,9-10H2,1-2H3,(H,18,19). The molecule has 0 saturated carbocycles. The molecule has 2 N–H and O–H groups in total.